The lowest BCUT2D eigenvalue weighted by Gasteiger charge is -2.22. The number of rotatable bonds is 8. The van der Waals surface area contributed by atoms with Crippen molar-refractivity contribution in [2.75, 3.05) is 36.9 Å². The van der Waals surface area contributed by atoms with Crippen LogP contribution < -0.4 is 19.1 Å². The van der Waals surface area contributed by atoms with Crippen LogP contribution in [0.25, 0.3) is 23.1 Å². The second-order valence-electron chi connectivity index (χ2n) is 8.58. The lowest BCUT2D eigenvalue weighted by atomic mass is 10.1. The van der Waals surface area contributed by atoms with Gasteiger partial charge in [-0.05, 0) is 48.7 Å². The first kappa shape index (κ1) is 23.7. The largest absolute Gasteiger partial charge is 0.493 e. The first-order valence-corrected chi connectivity index (χ1v) is 13.2. The predicted octanol–water partition coefficient (Wildman–Crippen LogP) is 5.15. The van der Waals surface area contributed by atoms with Gasteiger partial charge in [0.2, 0.25) is 0 Å². The first-order valence-electron chi connectivity index (χ1n) is 11.7. The van der Waals surface area contributed by atoms with Crippen molar-refractivity contribution in [2.45, 2.75) is 17.7 Å². The van der Waals surface area contributed by atoms with E-state index in [4.69, 9.17) is 9.47 Å². The molecule has 36 heavy (non-hydrogen) atoms. The van der Waals surface area contributed by atoms with E-state index in [1.54, 1.807) is 6.07 Å². The van der Waals surface area contributed by atoms with Crippen molar-refractivity contribution in [2.24, 2.45) is 0 Å². The molecule has 3 aromatic carbocycles. The van der Waals surface area contributed by atoms with Crippen molar-refractivity contribution in [3.05, 3.63) is 71.9 Å². The lowest BCUT2D eigenvalue weighted by molar-refractivity contribution is 0.354. The summed E-state index contributed by atoms with van der Waals surface area (Å²) in [7, 11) is -0.916. The molecule has 9 heteroatoms. The highest BCUT2D eigenvalue weighted by Crippen LogP contribution is 2.36. The molecule has 0 amide bonds. The minimum absolute atomic E-state index is 0.0870. The number of nitrogens with zero attached hydrogens (tertiary/aromatic N) is 2. The fourth-order valence-electron chi connectivity index (χ4n) is 4.43. The smallest absolute Gasteiger partial charge is 0.262 e. The number of benzene rings is 3. The van der Waals surface area contributed by atoms with Gasteiger partial charge >= 0.3 is 0 Å². The van der Waals surface area contributed by atoms with Gasteiger partial charge < -0.3 is 14.4 Å². The monoisotopic (exact) mass is 504 g/mol. The zero-order valence-electron chi connectivity index (χ0n) is 20.2. The Bertz CT molecular complexity index is 1510. The van der Waals surface area contributed by atoms with Gasteiger partial charge in [-0.1, -0.05) is 36.4 Å². The fraction of sp³-hybridized carbons (Fsp3) is 0.222. The molecule has 0 radical (unpaired) electrons. The molecule has 186 valence electrons. The topological polar surface area (TPSA) is 96.6 Å². The maximum absolute atomic E-state index is 13.4. The Balaban J connectivity index is 1.56. The normalized spacial score (nSPS) is 14.0. The molecule has 1 saturated heterocycles. The Morgan fingerprint density at radius 3 is 2.42 bits per heavy atom. The third-order valence-corrected chi connectivity index (χ3v) is 7.66. The van der Waals surface area contributed by atoms with Gasteiger partial charge in [-0.2, -0.15) is 5.10 Å². The summed E-state index contributed by atoms with van der Waals surface area (Å²) in [4.78, 5) is 2.29. The quantitative estimate of drug-likeness (QED) is 0.344. The molecule has 2 N–H and O–H groups in total. The van der Waals surface area contributed by atoms with E-state index in [1.807, 2.05) is 54.6 Å². The van der Waals surface area contributed by atoms with Crippen LogP contribution >= 0.6 is 0 Å². The van der Waals surface area contributed by atoms with Gasteiger partial charge in [0.15, 0.2) is 11.5 Å². The van der Waals surface area contributed by atoms with E-state index < -0.39 is 10.0 Å². The van der Waals surface area contributed by atoms with Crippen LogP contribution in [0.15, 0.2) is 65.6 Å². The van der Waals surface area contributed by atoms with Crippen molar-refractivity contribution < 1.29 is 17.9 Å². The summed E-state index contributed by atoms with van der Waals surface area (Å²) in [6.45, 7) is 1.73. The van der Waals surface area contributed by atoms with E-state index in [-0.39, 0.29) is 4.90 Å². The second kappa shape index (κ2) is 9.94. The Morgan fingerprint density at radius 2 is 1.69 bits per heavy atom. The highest BCUT2D eigenvalue weighted by atomic mass is 32.2. The molecule has 0 atom stereocenters. The summed E-state index contributed by atoms with van der Waals surface area (Å²) < 4.78 is 40.3. The molecule has 1 aliphatic rings. The number of aromatic amines is 1. The van der Waals surface area contributed by atoms with Crippen LogP contribution in [0.4, 0.5) is 11.4 Å². The van der Waals surface area contributed by atoms with Gasteiger partial charge in [0.1, 0.15) is 0 Å². The number of anilines is 2. The molecule has 0 aliphatic carbocycles. The summed E-state index contributed by atoms with van der Waals surface area (Å²) in [5, 5.41) is 8.41. The zero-order valence-corrected chi connectivity index (χ0v) is 21.0. The van der Waals surface area contributed by atoms with Gasteiger partial charge in [0, 0.05) is 24.5 Å². The fourth-order valence-corrected chi connectivity index (χ4v) is 5.51. The standard InChI is InChI=1S/C27H28N4O4S/c1-34-26-13-11-20(16-27(26)35-2)36(32,33)30-24-17-21-22(12-10-19-8-4-3-5-9-19)28-29-23(21)18-25(24)31-14-6-7-15-31/h3-5,8-13,16-18,30H,6-7,14-15H2,1-2H3,(H,28,29)/b12-10+. The van der Waals surface area contributed by atoms with E-state index in [0.717, 1.165) is 53.8 Å². The van der Waals surface area contributed by atoms with Crippen molar-refractivity contribution in [3.63, 3.8) is 0 Å². The van der Waals surface area contributed by atoms with Crippen LogP contribution in [0.3, 0.4) is 0 Å². The number of H-pyrrole nitrogens is 1. The SMILES string of the molecule is COc1ccc(S(=O)(=O)Nc2cc3c(/C=C/c4ccccc4)n[nH]c3cc2N2CCCC2)cc1OC. The summed E-state index contributed by atoms with van der Waals surface area (Å²) in [6.07, 6.45) is 6.04. The predicted molar refractivity (Wildman–Crippen MR) is 143 cm³/mol. The van der Waals surface area contributed by atoms with Crippen LogP contribution in [0.2, 0.25) is 0 Å². The summed E-state index contributed by atoms with van der Waals surface area (Å²) in [5.74, 6) is 0.808. The molecular formula is C27H28N4O4S. The molecule has 1 aliphatic heterocycles. The molecule has 0 spiro atoms. The zero-order chi connectivity index (χ0) is 25.1. The van der Waals surface area contributed by atoms with Crippen LogP contribution in [0.1, 0.15) is 24.1 Å². The van der Waals surface area contributed by atoms with Gasteiger partial charge in [-0.3, -0.25) is 9.82 Å². The van der Waals surface area contributed by atoms with Gasteiger partial charge in [-0.15, -0.1) is 0 Å². The average Bonchev–Trinajstić information content (AvgIpc) is 3.57. The number of hydrogen-bond donors (Lipinski definition) is 2. The minimum atomic E-state index is -3.90. The van der Waals surface area contributed by atoms with E-state index in [1.165, 1.54) is 26.4 Å². The van der Waals surface area contributed by atoms with Gasteiger partial charge in [0.05, 0.1) is 41.7 Å². The van der Waals surface area contributed by atoms with Crippen molar-refractivity contribution in [1.82, 2.24) is 10.2 Å². The highest BCUT2D eigenvalue weighted by Gasteiger charge is 2.23. The number of nitrogens with one attached hydrogen (secondary N) is 2. The number of fused-ring (bicyclic) bond motifs is 1. The maximum atomic E-state index is 13.4. The number of aromatic nitrogens is 2. The van der Waals surface area contributed by atoms with Crippen LogP contribution in [-0.2, 0) is 10.0 Å². The molecule has 0 bridgehead atoms. The Hall–Kier alpha value is -3.98. The number of hydrogen-bond acceptors (Lipinski definition) is 6. The number of sulfonamides is 1. The minimum Gasteiger partial charge on any atom is -0.493 e. The molecule has 0 unspecified atom stereocenters. The molecule has 4 aromatic rings. The summed E-state index contributed by atoms with van der Waals surface area (Å²) >= 11 is 0. The van der Waals surface area contributed by atoms with Gasteiger partial charge in [0.25, 0.3) is 10.0 Å². The lowest BCUT2D eigenvalue weighted by Crippen LogP contribution is -2.21. The molecule has 1 aromatic heterocycles. The van der Waals surface area contributed by atoms with E-state index in [2.05, 4.69) is 19.8 Å². The third-order valence-electron chi connectivity index (χ3n) is 6.30. The Morgan fingerprint density at radius 1 is 0.944 bits per heavy atom. The van der Waals surface area contributed by atoms with Crippen molar-refractivity contribution in [3.8, 4) is 11.5 Å². The second-order valence-corrected chi connectivity index (χ2v) is 10.3. The Labute approximate surface area is 210 Å². The van der Waals surface area contributed by atoms with Crippen LogP contribution in [-0.4, -0.2) is 45.9 Å². The maximum Gasteiger partial charge on any atom is 0.262 e. The molecule has 5 rings (SSSR count). The Kier molecular flexibility index (Phi) is 6.56. The van der Waals surface area contributed by atoms with Crippen molar-refractivity contribution in [1.29, 1.82) is 0 Å². The van der Waals surface area contributed by atoms with Gasteiger partial charge in [-0.25, -0.2) is 8.42 Å². The molecular weight excluding hydrogens is 476 g/mol. The van der Waals surface area contributed by atoms with E-state index in [0.29, 0.717) is 17.2 Å². The van der Waals surface area contributed by atoms with Crippen LogP contribution in [0.5, 0.6) is 11.5 Å². The summed E-state index contributed by atoms with van der Waals surface area (Å²) in [5.41, 5.74) is 3.96. The average molecular weight is 505 g/mol. The molecule has 1 fully saturated rings. The van der Waals surface area contributed by atoms with Crippen molar-refractivity contribution >= 4 is 44.5 Å². The molecule has 0 saturated carbocycles. The third kappa shape index (κ3) is 4.74. The molecule has 2 heterocycles. The van der Waals surface area contributed by atoms with Crippen LogP contribution in [0, 0.1) is 0 Å². The first-order chi connectivity index (χ1) is 17.5. The molecule has 8 nitrogen and oxygen atoms in total. The highest BCUT2D eigenvalue weighted by molar-refractivity contribution is 7.92. The van der Waals surface area contributed by atoms with E-state index >= 15 is 0 Å². The number of ether oxygens (including phenoxy) is 2. The number of methoxy groups -OCH3 is 2. The van der Waals surface area contributed by atoms with E-state index in [9.17, 15) is 8.42 Å². The summed E-state index contributed by atoms with van der Waals surface area (Å²) in [6, 6.07) is 18.3.